The molecule has 0 aliphatic rings. The number of nitrogen functional groups attached to an aromatic ring is 1. The summed E-state index contributed by atoms with van der Waals surface area (Å²) >= 11 is 0. The highest BCUT2D eigenvalue weighted by Gasteiger charge is 2.33. The number of nitrogens with two attached hydrogens (primary N) is 1. The van der Waals surface area contributed by atoms with Gasteiger partial charge in [0.05, 0.1) is 18.1 Å². The van der Waals surface area contributed by atoms with E-state index in [0.717, 1.165) is 6.07 Å². The smallest absolute Gasteiger partial charge is 0.398 e. The fourth-order valence-electron chi connectivity index (χ4n) is 1.94. The van der Waals surface area contributed by atoms with Gasteiger partial charge in [-0.15, -0.1) is 0 Å². The molecule has 0 fully saturated rings. The first-order chi connectivity index (χ1) is 9.25. The van der Waals surface area contributed by atoms with Crippen LogP contribution in [-0.2, 0) is 6.18 Å². The SMILES string of the molecule is CC(C)CN(CCC#N)c1ccc(N)c(C(F)(F)F)c1. The maximum atomic E-state index is 12.9. The fourth-order valence-corrected chi connectivity index (χ4v) is 1.94. The van der Waals surface area contributed by atoms with Gasteiger partial charge in [-0.25, -0.2) is 0 Å². The lowest BCUT2D eigenvalue weighted by atomic mass is 10.1. The summed E-state index contributed by atoms with van der Waals surface area (Å²) in [4.78, 5) is 1.78. The van der Waals surface area contributed by atoms with Crippen molar-refractivity contribution >= 4 is 11.4 Å². The van der Waals surface area contributed by atoms with Crippen LogP contribution < -0.4 is 10.6 Å². The van der Waals surface area contributed by atoms with E-state index in [2.05, 4.69) is 0 Å². The first kappa shape index (κ1) is 16.2. The van der Waals surface area contributed by atoms with Gasteiger partial charge in [0.25, 0.3) is 0 Å². The maximum Gasteiger partial charge on any atom is 0.418 e. The third-order valence-electron chi connectivity index (χ3n) is 2.79. The molecular formula is C14H18F3N3. The third kappa shape index (κ3) is 4.34. The Labute approximate surface area is 116 Å². The highest BCUT2D eigenvalue weighted by molar-refractivity contribution is 5.59. The molecule has 0 amide bonds. The predicted molar refractivity (Wildman–Crippen MR) is 73.1 cm³/mol. The van der Waals surface area contributed by atoms with Crippen molar-refractivity contribution in [2.24, 2.45) is 5.92 Å². The molecule has 0 radical (unpaired) electrons. The van der Waals surface area contributed by atoms with Crippen molar-refractivity contribution < 1.29 is 13.2 Å². The van der Waals surface area contributed by atoms with Crippen LogP contribution in [-0.4, -0.2) is 13.1 Å². The summed E-state index contributed by atoms with van der Waals surface area (Å²) in [5.41, 5.74) is 4.71. The second-order valence-corrected chi connectivity index (χ2v) is 5.02. The van der Waals surface area contributed by atoms with E-state index >= 15 is 0 Å². The van der Waals surface area contributed by atoms with E-state index in [1.807, 2.05) is 19.9 Å². The minimum atomic E-state index is -4.47. The third-order valence-corrected chi connectivity index (χ3v) is 2.79. The molecule has 0 atom stereocenters. The van der Waals surface area contributed by atoms with Gasteiger partial charge in [0.2, 0.25) is 0 Å². The molecule has 20 heavy (non-hydrogen) atoms. The molecule has 6 heteroatoms. The Balaban J connectivity index is 3.11. The number of alkyl halides is 3. The predicted octanol–water partition coefficient (Wildman–Crippen LogP) is 3.66. The van der Waals surface area contributed by atoms with Crippen LogP contribution in [0, 0.1) is 17.2 Å². The van der Waals surface area contributed by atoms with Crippen molar-refractivity contribution in [2.45, 2.75) is 26.4 Å². The fraction of sp³-hybridized carbons (Fsp3) is 0.500. The Morgan fingerprint density at radius 1 is 1.35 bits per heavy atom. The topological polar surface area (TPSA) is 53.0 Å². The molecule has 0 aromatic heterocycles. The van der Waals surface area contributed by atoms with Crippen molar-refractivity contribution in [1.29, 1.82) is 5.26 Å². The van der Waals surface area contributed by atoms with E-state index in [1.54, 1.807) is 11.0 Å². The summed E-state index contributed by atoms with van der Waals surface area (Å²) in [6.45, 7) is 4.93. The largest absolute Gasteiger partial charge is 0.418 e. The van der Waals surface area contributed by atoms with Crippen LogP contribution in [0.15, 0.2) is 18.2 Å². The van der Waals surface area contributed by atoms with Crippen molar-refractivity contribution in [1.82, 2.24) is 0 Å². The maximum absolute atomic E-state index is 12.9. The van der Waals surface area contributed by atoms with Gasteiger partial charge in [-0.2, -0.15) is 18.4 Å². The highest BCUT2D eigenvalue weighted by atomic mass is 19.4. The Morgan fingerprint density at radius 2 is 2.00 bits per heavy atom. The summed E-state index contributed by atoms with van der Waals surface area (Å²) in [6, 6.07) is 5.88. The summed E-state index contributed by atoms with van der Waals surface area (Å²) in [6.07, 6.45) is -4.21. The molecule has 3 nitrogen and oxygen atoms in total. The number of rotatable bonds is 5. The van der Waals surface area contributed by atoms with E-state index in [4.69, 9.17) is 11.0 Å². The highest BCUT2D eigenvalue weighted by Crippen LogP contribution is 2.36. The second kappa shape index (κ2) is 6.51. The summed E-state index contributed by atoms with van der Waals surface area (Å²) in [5, 5.41) is 8.65. The number of nitrogens with zero attached hydrogens (tertiary/aromatic N) is 2. The Kier molecular flexibility index (Phi) is 5.26. The van der Waals surface area contributed by atoms with Crippen LogP contribution in [0.5, 0.6) is 0 Å². The monoisotopic (exact) mass is 285 g/mol. The van der Waals surface area contributed by atoms with Crippen LogP contribution in [0.4, 0.5) is 24.5 Å². The van der Waals surface area contributed by atoms with E-state index in [-0.39, 0.29) is 18.0 Å². The van der Waals surface area contributed by atoms with E-state index in [9.17, 15) is 13.2 Å². The molecule has 0 saturated heterocycles. The van der Waals surface area contributed by atoms with Gasteiger partial charge in [-0.05, 0) is 24.1 Å². The van der Waals surface area contributed by atoms with Gasteiger partial charge >= 0.3 is 6.18 Å². The molecule has 0 saturated carbocycles. The first-order valence-electron chi connectivity index (χ1n) is 6.34. The van der Waals surface area contributed by atoms with Gasteiger partial charge in [0, 0.05) is 24.5 Å². The molecule has 0 aliphatic heterocycles. The Hall–Kier alpha value is -1.90. The first-order valence-corrected chi connectivity index (χ1v) is 6.34. The van der Waals surface area contributed by atoms with E-state index < -0.39 is 11.7 Å². The molecule has 0 aliphatic carbocycles. The molecule has 0 unspecified atom stereocenters. The lowest BCUT2D eigenvalue weighted by Crippen LogP contribution is -2.29. The minimum absolute atomic E-state index is 0.262. The van der Waals surface area contributed by atoms with Crippen LogP contribution in [0.3, 0.4) is 0 Å². The number of benzene rings is 1. The number of hydrogen-bond acceptors (Lipinski definition) is 3. The number of anilines is 2. The minimum Gasteiger partial charge on any atom is -0.398 e. The lowest BCUT2D eigenvalue weighted by molar-refractivity contribution is -0.136. The molecule has 0 bridgehead atoms. The van der Waals surface area contributed by atoms with Crippen LogP contribution in [0.1, 0.15) is 25.8 Å². The van der Waals surface area contributed by atoms with Crippen molar-refractivity contribution in [3.63, 3.8) is 0 Å². The van der Waals surface area contributed by atoms with E-state index in [1.165, 1.54) is 6.07 Å². The van der Waals surface area contributed by atoms with Crippen LogP contribution >= 0.6 is 0 Å². The van der Waals surface area contributed by atoms with Gasteiger partial charge in [0.15, 0.2) is 0 Å². The molecule has 2 N–H and O–H groups in total. The van der Waals surface area contributed by atoms with Crippen LogP contribution in [0.25, 0.3) is 0 Å². The van der Waals surface area contributed by atoms with Gasteiger partial charge in [-0.1, -0.05) is 13.8 Å². The lowest BCUT2D eigenvalue weighted by Gasteiger charge is -2.27. The van der Waals surface area contributed by atoms with Crippen LogP contribution in [0.2, 0.25) is 0 Å². The molecule has 1 aromatic carbocycles. The average molecular weight is 285 g/mol. The number of nitriles is 1. The Morgan fingerprint density at radius 3 is 2.50 bits per heavy atom. The molecule has 0 heterocycles. The average Bonchev–Trinajstić information content (AvgIpc) is 2.33. The normalized spacial score (nSPS) is 11.4. The molecular weight excluding hydrogens is 267 g/mol. The summed E-state index contributed by atoms with van der Waals surface area (Å²) < 4.78 is 38.6. The summed E-state index contributed by atoms with van der Waals surface area (Å²) in [7, 11) is 0. The second-order valence-electron chi connectivity index (χ2n) is 5.02. The van der Waals surface area contributed by atoms with Gasteiger partial charge in [0.1, 0.15) is 0 Å². The Bertz CT molecular complexity index is 489. The quantitative estimate of drug-likeness (QED) is 0.840. The zero-order chi connectivity index (χ0) is 15.3. The zero-order valence-corrected chi connectivity index (χ0v) is 11.5. The molecule has 0 spiro atoms. The molecule has 1 aromatic rings. The number of hydrogen-bond donors (Lipinski definition) is 1. The zero-order valence-electron chi connectivity index (χ0n) is 11.5. The number of halogens is 3. The standard InChI is InChI=1S/C14H18F3N3/c1-10(2)9-20(7-3-6-18)11-4-5-13(19)12(8-11)14(15,16)17/h4-5,8,10H,3,7,9,19H2,1-2H3. The van der Waals surface area contributed by atoms with Crippen molar-refractivity contribution in [2.75, 3.05) is 23.7 Å². The molecule has 110 valence electrons. The van der Waals surface area contributed by atoms with Crippen molar-refractivity contribution in [3.8, 4) is 6.07 Å². The van der Waals surface area contributed by atoms with E-state index in [0.29, 0.717) is 18.8 Å². The van der Waals surface area contributed by atoms with Gasteiger partial charge in [-0.3, -0.25) is 0 Å². The molecule has 1 rings (SSSR count). The van der Waals surface area contributed by atoms with Gasteiger partial charge < -0.3 is 10.6 Å². The summed E-state index contributed by atoms with van der Waals surface area (Å²) in [5.74, 6) is 0.278. The van der Waals surface area contributed by atoms with Crippen molar-refractivity contribution in [3.05, 3.63) is 23.8 Å².